The van der Waals surface area contributed by atoms with Crippen LogP contribution in [0.5, 0.6) is 0 Å². The fourth-order valence-corrected chi connectivity index (χ4v) is 6.31. The van der Waals surface area contributed by atoms with Crippen LogP contribution in [0.3, 0.4) is 0 Å². The van der Waals surface area contributed by atoms with Gasteiger partial charge in [-0.15, -0.1) is 0 Å². The predicted octanol–water partition coefficient (Wildman–Crippen LogP) is 15.6. The maximum absolute atomic E-state index is 12.7. The Bertz CT molecular complexity index is 1170. The minimum Gasteiger partial charge on any atom is -0.462 e. The third-order valence-corrected chi connectivity index (χ3v) is 9.89. The predicted molar refractivity (Wildman–Crippen MR) is 251 cm³/mol. The molecule has 6 nitrogen and oxygen atoms in total. The minimum atomic E-state index is -0.806. The van der Waals surface area contributed by atoms with Crippen molar-refractivity contribution in [2.24, 2.45) is 0 Å². The van der Waals surface area contributed by atoms with Gasteiger partial charge in [0.15, 0.2) is 6.10 Å². The van der Waals surface area contributed by atoms with Crippen LogP contribution in [-0.2, 0) is 28.6 Å². The standard InChI is InChI=1S/C53H88O6/c1-4-7-10-13-16-19-21-23-25-26-27-28-30-31-34-37-40-43-46-52(55)58-49-50(48-57-51(54)45-42-39-36-33-18-15-12-9-6-3)59-53(56)47-44-41-38-35-32-29-24-22-20-17-14-11-8-5-2/h8-9,11-12,17-18,20,24-29,33,50H,4-7,10,13-16,19,21-23,30-32,34-49H2,1-3H3/b11-8-,12-9-,20-17-,26-25-,28-27-,29-24-,33-18-. The average Bonchev–Trinajstić information content (AvgIpc) is 3.23. The Labute approximate surface area is 363 Å². The number of carbonyl (C=O) groups excluding carboxylic acids is 3. The molecule has 0 amide bonds. The lowest BCUT2D eigenvalue weighted by atomic mass is 10.1. The third-order valence-electron chi connectivity index (χ3n) is 9.89. The van der Waals surface area contributed by atoms with Crippen LogP contribution in [0, 0.1) is 0 Å². The average molecular weight is 821 g/mol. The van der Waals surface area contributed by atoms with Gasteiger partial charge in [-0.05, 0) is 103 Å². The molecule has 0 aliphatic rings. The number of carbonyl (C=O) groups is 3. The van der Waals surface area contributed by atoms with Gasteiger partial charge < -0.3 is 14.2 Å². The zero-order valence-corrected chi connectivity index (χ0v) is 38.2. The molecule has 0 aromatic heterocycles. The second-order valence-corrected chi connectivity index (χ2v) is 15.6. The Morgan fingerprint density at radius 2 is 0.712 bits per heavy atom. The minimum absolute atomic E-state index is 0.105. The summed E-state index contributed by atoms with van der Waals surface area (Å²) >= 11 is 0. The molecule has 0 heterocycles. The van der Waals surface area contributed by atoms with Gasteiger partial charge in [0.25, 0.3) is 0 Å². The summed E-state index contributed by atoms with van der Waals surface area (Å²) in [6.45, 7) is 6.31. The topological polar surface area (TPSA) is 78.9 Å². The summed E-state index contributed by atoms with van der Waals surface area (Å²) in [5, 5.41) is 0. The molecule has 0 spiro atoms. The zero-order chi connectivity index (χ0) is 43.0. The lowest BCUT2D eigenvalue weighted by Crippen LogP contribution is -2.30. The van der Waals surface area contributed by atoms with E-state index < -0.39 is 6.10 Å². The summed E-state index contributed by atoms with van der Waals surface area (Å²) in [6, 6.07) is 0. The zero-order valence-electron chi connectivity index (χ0n) is 38.2. The lowest BCUT2D eigenvalue weighted by molar-refractivity contribution is -0.167. The smallest absolute Gasteiger partial charge is 0.306 e. The number of allylic oxidation sites excluding steroid dienone is 14. The monoisotopic (exact) mass is 821 g/mol. The first-order chi connectivity index (χ1) is 29.0. The van der Waals surface area contributed by atoms with E-state index >= 15 is 0 Å². The first-order valence-electron chi connectivity index (χ1n) is 24.1. The van der Waals surface area contributed by atoms with Crippen molar-refractivity contribution in [2.75, 3.05) is 13.2 Å². The van der Waals surface area contributed by atoms with E-state index in [1.165, 1.54) is 51.4 Å². The Kier molecular flexibility index (Phi) is 44.5. The quantitative estimate of drug-likeness (QED) is 0.0201. The number of hydrogen-bond donors (Lipinski definition) is 0. The van der Waals surface area contributed by atoms with E-state index in [0.29, 0.717) is 19.3 Å². The molecule has 0 saturated heterocycles. The van der Waals surface area contributed by atoms with E-state index in [9.17, 15) is 14.4 Å². The summed E-state index contributed by atoms with van der Waals surface area (Å²) in [7, 11) is 0. The highest BCUT2D eigenvalue weighted by atomic mass is 16.6. The molecule has 0 fully saturated rings. The molecule has 59 heavy (non-hydrogen) atoms. The van der Waals surface area contributed by atoms with Crippen LogP contribution in [0.2, 0.25) is 0 Å². The third kappa shape index (κ3) is 45.5. The van der Waals surface area contributed by atoms with Crippen molar-refractivity contribution in [1.82, 2.24) is 0 Å². The largest absolute Gasteiger partial charge is 0.462 e. The highest BCUT2D eigenvalue weighted by molar-refractivity contribution is 5.71. The SMILES string of the molecule is CC/C=C\C/C=C\C/C=C\CCCCCCC(=O)OC(COC(=O)CCCC/C=C\C/C=C\CC)COC(=O)CCCCCCC/C=C\C=C/CCCCCCCCC. The molecular weight excluding hydrogens is 733 g/mol. The van der Waals surface area contributed by atoms with Gasteiger partial charge in [-0.2, -0.15) is 0 Å². The Balaban J connectivity index is 4.42. The molecular formula is C53H88O6. The van der Waals surface area contributed by atoms with Crippen molar-refractivity contribution in [3.8, 4) is 0 Å². The van der Waals surface area contributed by atoms with Gasteiger partial charge in [0, 0.05) is 19.3 Å². The van der Waals surface area contributed by atoms with Gasteiger partial charge in [-0.25, -0.2) is 0 Å². The van der Waals surface area contributed by atoms with Crippen LogP contribution >= 0.6 is 0 Å². The van der Waals surface area contributed by atoms with E-state index in [0.717, 1.165) is 122 Å². The Morgan fingerprint density at radius 1 is 0.373 bits per heavy atom. The summed E-state index contributed by atoms with van der Waals surface area (Å²) < 4.78 is 16.7. The van der Waals surface area contributed by atoms with E-state index in [2.05, 4.69) is 106 Å². The molecule has 1 unspecified atom stereocenters. The normalized spacial score (nSPS) is 12.8. The maximum Gasteiger partial charge on any atom is 0.306 e. The van der Waals surface area contributed by atoms with E-state index in [1.807, 2.05) is 0 Å². The first kappa shape index (κ1) is 55.6. The van der Waals surface area contributed by atoms with E-state index in [4.69, 9.17) is 14.2 Å². The maximum atomic E-state index is 12.7. The van der Waals surface area contributed by atoms with E-state index in [-0.39, 0.29) is 31.1 Å². The van der Waals surface area contributed by atoms with Crippen molar-refractivity contribution in [3.63, 3.8) is 0 Å². The van der Waals surface area contributed by atoms with Crippen molar-refractivity contribution in [1.29, 1.82) is 0 Å². The van der Waals surface area contributed by atoms with Crippen molar-refractivity contribution in [2.45, 2.75) is 219 Å². The van der Waals surface area contributed by atoms with E-state index in [1.54, 1.807) is 0 Å². The van der Waals surface area contributed by atoms with Crippen molar-refractivity contribution in [3.05, 3.63) is 85.1 Å². The van der Waals surface area contributed by atoms with Gasteiger partial charge in [-0.1, -0.05) is 176 Å². The Hall–Kier alpha value is -3.41. The van der Waals surface area contributed by atoms with Crippen molar-refractivity contribution >= 4 is 17.9 Å². The first-order valence-corrected chi connectivity index (χ1v) is 24.1. The highest BCUT2D eigenvalue weighted by Crippen LogP contribution is 2.12. The van der Waals surface area contributed by atoms with Gasteiger partial charge in [0.2, 0.25) is 0 Å². The van der Waals surface area contributed by atoms with Gasteiger partial charge in [0.05, 0.1) is 0 Å². The van der Waals surface area contributed by atoms with Gasteiger partial charge in [0.1, 0.15) is 13.2 Å². The van der Waals surface area contributed by atoms with Crippen LogP contribution in [0.1, 0.15) is 213 Å². The number of hydrogen-bond acceptors (Lipinski definition) is 6. The molecule has 0 saturated carbocycles. The van der Waals surface area contributed by atoms with Crippen molar-refractivity contribution < 1.29 is 28.6 Å². The molecule has 336 valence electrons. The summed E-state index contributed by atoms with van der Waals surface area (Å²) in [6.07, 6.45) is 60.1. The Morgan fingerprint density at radius 3 is 1.17 bits per heavy atom. The van der Waals surface area contributed by atoms with Gasteiger partial charge >= 0.3 is 17.9 Å². The number of esters is 3. The summed E-state index contributed by atoms with van der Waals surface area (Å²) in [5.74, 6) is -0.985. The van der Waals surface area contributed by atoms with Crippen LogP contribution in [0.4, 0.5) is 0 Å². The number of rotatable bonds is 42. The fraction of sp³-hybridized carbons (Fsp3) is 0.679. The molecule has 0 aromatic carbocycles. The molecule has 6 heteroatoms. The van der Waals surface area contributed by atoms with Crippen LogP contribution < -0.4 is 0 Å². The second kappa shape index (κ2) is 47.3. The summed E-state index contributed by atoms with van der Waals surface area (Å²) in [4.78, 5) is 37.8. The molecule has 0 rings (SSSR count). The highest BCUT2D eigenvalue weighted by Gasteiger charge is 2.19. The number of unbranched alkanes of at least 4 members (excludes halogenated alkanes) is 18. The molecule has 0 N–H and O–H groups in total. The van der Waals surface area contributed by atoms with Gasteiger partial charge in [-0.3, -0.25) is 14.4 Å². The number of ether oxygens (including phenoxy) is 3. The fourth-order valence-electron chi connectivity index (χ4n) is 6.31. The molecule has 0 aliphatic carbocycles. The molecule has 0 aliphatic heterocycles. The van der Waals surface area contributed by atoms with Crippen LogP contribution in [0.15, 0.2) is 85.1 Å². The molecule has 0 radical (unpaired) electrons. The molecule has 0 aromatic rings. The molecule has 1 atom stereocenters. The summed E-state index contributed by atoms with van der Waals surface area (Å²) in [5.41, 5.74) is 0. The second-order valence-electron chi connectivity index (χ2n) is 15.6. The molecule has 0 bridgehead atoms. The van der Waals surface area contributed by atoms with Crippen LogP contribution in [-0.4, -0.2) is 37.2 Å². The van der Waals surface area contributed by atoms with Crippen LogP contribution in [0.25, 0.3) is 0 Å². The lowest BCUT2D eigenvalue weighted by Gasteiger charge is -2.18.